The number of hydrogen-bond donors (Lipinski definition) is 0. The molecule has 1 heterocycles. The van der Waals surface area contributed by atoms with Gasteiger partial charge in [0.2, 0.25) is 0 Å². The van der Waals surface area contributed by atoms with E-state index in [1.165, 1.54) is 0 Å². The normalized spacial score (nSPS) is 11.9. The quantitative estimate of drug-likeness (QED) is 0.623. The van der Waals surface area contributed by atoms with E-state index >= 15 is 0 Å². The highest BCUT2D eigenvalue weighted by molar-refractivity contribution is 6.19. The molecule has 1 unspecified atom stereocenters. The van der Waals surface area contributed by atoms with Crippen molar-refractivity contribution < 1.29 is 4.74 Å². The molecule has 1 atom stereocenters. The summed E-state index contributed by atoms with van der Waals surface area (Å²) in [6.45, 7) is 0.397. The van der Waals surface area contributed by atoms with Crippen molar-refractivity contribution in [3.8, 4) is 0 Å². The molecule has 1 aromatic heterocycles. The molecule has 3 aromatic rings. The number of benzene rings is 2. The summed E-state index contributed by atoms with van der Waals surface area (Å²) in [6.07, 6.45) is 0. The van der Waals surface area contributed by atoms with Crippen molar-refractivity contribution in [2.75, 3.05) is 0 Å². The molecule has 0 bridgehead atoms. The van der Waals surface area contributed by atoms with Gasteiger partial charge in [-0.3, -0.25) is 4.98 Å². The molecule has 0 saturated carbocycles. The maximum Gasteiger partial charge on any atom is 0.157 e. The largest absolute Gasteiger partial charge is 0.352 e. The predicted octanol–water partition coefficient (Wildman–Crippen LogP) is 5.11. The number of rotatable bonds is 4. The molecule has 0 amide bonds. The second-order valence-electron chi connectivity index (χ2n) is 4.53. The van der Waals surface area contributed by atoms with Crippen LogP contribution in [-0.4, -0.2) is 4.98 Å². The topological polar surface area (TPSA) is 22.1 Å². The first-order valence-corrected chi connectivity index (χ1v) is 6.92. The molecule has 108 valence electrons. The van der Waals surface area contributed by atoms with Crippen molar-refractivity contribution in [1.29, 1.82) is 0 Å². The smallest absolute Gasteiger partial charge is 0.157 e. The number of hydrogen-bond acceptors (Lipinski definition) is 2. The van der Waals surface area contributed by atoms with Crippen LogP contribution < -0.4 is 0 Å². The number of alkyl halides is 1. The van der Waals surface area contributed by atoms with Gasteiger partial charge in [0.05, 0.1) is 17.8 Å². The second kappa shape index (κ2) is 7.41. The minimum atomic E-state index is -0.454. The Morgan fingerprint density at radius 2 is 1.62 bits per heavy atom. The summed E-state index contributed by atoms with van der Waals surface area (Å²) in [4.78, 5) is 4.56. The van der Waals surface area contributed by atoms with E-state index in [1.54, 1.807) is 0 Å². The van der Waals surface area contributed by atoms with Gasteiger partial charge in [-0.15, -0.1) is 12.4 Å². The Morgan fingerprint density at radius 3 is 2.43 bits per heavy atom. The summed E-state index contributed by atoms with van der Waals surface area (Å²) in [7, 11) is 0. The molecule has 0 aliphatic rings. The van der Waals surface area contributed by atoms with Gasteiger partial charge >= 0.3 is 0 Å². The van der Waals surface area contributed by atoms with Crippen LogP contribution in [0.4, 0.5) is 0 Å². The number of aromatic nitrogens is 1. The fourth-order valence-electron chi connectivity index (χ4n) is 2.05. The SMILES string of the molecule is Cl.ClC(OCc1ccc2ccccc2n1)c1ccccc1. The van der Waals surface area contributed by atoms with E-state index in [1.807, 2.05) is 66.7 Å². The van der Waals surface area contributed by atoms with Gasteiger partial charge < -0.3 is 4.74 Å². The average molecular weight is 320 g/mol. The van der Waals surface area contributed by atoms with Gasteiger partial charge in [-0.2, -0.15) is 0 Å². The molecule has 0 radical (unpaired) electrons. The third kappa shape index (κ3) is 3.94. The summed E-state index contributed by atoms with van der Waals surface area (Å²) in [6, 6.07) is 21.8. The first-order valence-electron chi connectivity index (χ1n) is 6.48. The van der Waals surface area contributed by atoms with Gasteiger partial charge in [-0.05, 0) is 17.7 Å². The summed E-state index contributed by atoms with van der Waals surface area (Å²) in [5.41, 5.74) is 2.35. The van der Waals surface area contributed by atoms with Crippen molar-refractivity contribution in [3.63, 3.8) is 0 Å². The van der Waals surface area contributed by atoms with E-state index in [0.29, 0.717) is 6.61 Å². The van der Waals surface area contributed by atoms with Crippen molar-refractivity contribution in [3.05, 3.63) is 78.0 Å². The van der Waals surface area contributed by atoms with Crippen molar-refractivity contribution in [2.24, 2.45) is 0 Å². The van der Waals surface area contributed by atoms with Gasteiger partial charge in [0.1, 0.15) is 0 Å². The van der Waals surface area contributed by atoms with E-state index < -0.39 is 5.56 Å². The third-order valence-electron chi connectivity index (χ3n) is 3.10. The lowest BCUT2D eigenvalue weighted by Gasteiger charge is -2.11. The van der Waals surface area contributed by atoms with Gasteiger partial charge in [-0.1, -0.05) is 66.2 Å². The minimum absolute atomic E-state index is 0. The van der Waals surface area contributed by atoms with E-state index in [0.717, 1.165) is 22.2 Å². The number of para-hydroxylation sites is 1. The highest BCUT2D eigenvalue weighted by atomic mass is 35.5. The summed E-state index contributed by atoms with van der Waals surface area (Å²) in [5.74, 6) is 0. The Hall–Kier alpha value is -1.61. The fraction of sp³-hybridized carbons (Fsp3) is 0.118. The van der Waals surface area contributed by atoms with E-state index in [-0.39, 0.29) is 12.4 Å². The average Bonchev–Trinajstić information content (AvgIpc) is 2.53. The van der Waals surface area contributed by atoms with Crippen LogP contribution in [0.2, 0.25) is 0 Å². The maximum absolute atomic E-state index is 6.22. The zero-order valence-corrected chi connectivity index (χ0v) is 12.8. The minimum Gasteiger partial charge on any atom is -0.352 e. The standard InChI is InChI=1S/C17H14ClNO.ClH/c18-17(14-7-2-1-3-8-14)20-12-15-11-10-13-6-4-5-9-16(13)19-15;/h1-11,17H,12H2;1H. The number of fused-ring (bicyclic) bond motifs is 1. The van der Waals surface area contributed by atoms with Crippen LogP contribution in [0, 0.1) is 0 Å². The number of ether oxygens (including phenoxy) is 1. The molecule has 21 heavy (non-hydrogen) atoms. The molecule has 0 spiro atoms. The van der Waals surface area contributed by atoms with Gasteiger partial charge in [-0.25, -0.2) is 0 Å². The molecule has 0 aliphatic carbocycles. The lowest BCUT2D eigenvalue weighted by molar-refractivity contribution is 0.0921. The van der Waals surface area contributed by atoms with E-state index in [2.05, 4.69) is 4.98 Å². The Kier molecular flexibility index (Phi) is 5.57. The molecule has 0 N–H and O–H groups in total. The molecular formula is C17H15Cl2NO. The second-order valence-corrected chi connectivity index (χ2v) is 4.93. The van der Waals surface area contributed by atoms with Crippen molar-refractivity contribution >= 4 is 34.9 Å². The zero-order chi connectivity index (χ0) is 13.8. The highest BCUT2D eigenvalue weighted by Crippen LogP contribution is 2.23. The molecule has 0 fully saturated rings. The molecule has 2 aromatic carbocycles. The molecule has 3 rings (SSSR count). The lowest BCUT2D eigenvalue weighted by Crippen LogP contribution is -1.99. The monoisotopic (exact) mass is 319 g/mol. The van der Waals surface area contributed by atoms with Crippen LogP contribution in [0.3, 0.4) is 0 Å². The first-order chi connectivity index (χ1) is 9.83. The zero-order valence-electron chi connectivity index (χ0n) is 11.3. The maximum atomic E-state index is 6.22. The van der Waals surface area contributed by atoms with Crippen molar-refractivity contribution in [2.45, 2.75) is 12.2 Å². The Balaban J connectivity index is 0.00000161. The predicted molar refractivity (Wildman–Crippen MR) is 88.8 cm³/mol. The number of nitrogens with zero attached hydrogens (tertiary/aromatic N) is 1. The van der Waals surface area contributed by atoms with Gasteiger partial charge in [0, 0.05) is 5.39 Å². The Bertz CT molecular complexity index is 703. The van der Waals surface area contributed by atoms with Crippen LogP contribution in [0.1, 0.15) is 16.8 Å². The summed E-state index contributed by atoms with van der Waals surface area (Å²) < 4.78 is 5.67. The summed E-state index contributed by atoms with van der Waals surface area (Å²) >= 11 is 6.22. The van der Waals surface area contributed by atoms with E-state index in [4.69, 9.17) is 16.3 Å². The molecule has 2 nitrogen and oxygen atoms in total. The third-order valence-corrected chi connectivity index (χ3v) is 3.47. The van der Waals surface area contributed by atoms with E-state index in [9.17, 15) is 0 Å². The van der Waals surface area contributed by atoms with Gasteiger partial charge in [0.15, 0.2) is 5.56 Å². The number of halogens is 2. The number of pyridine rings is 1. The molecule has 0 saturated heterocycles. The van der Waals surface area contributed by atoms with Crippen LogP contribution in [-0.2, 0) is 11.3 Å². The Morgan fingerprint density at radius 1 is 0.905 bits per heavy atom. The van der Waals surface area contributed by atoms with Gasteiger partial charge in [0.25, 0.3) is 0 Å². The van der Waals surface area contributed by atoms with Crippen molar-refractivity contribution in [1.82, 2.24) is 4.98 Å². The van der Waals surface area contributed by atoms with Crippen LogP contribution >= 0.6 is 24.0 Å². The molecule has 0 aliphatic heterocycles. The highest BCUT2D eigenvalue weighted by Gasteiger charge is 2.08. The summed E-state index contributed by atoms with van der Waals surface area (Å²) in [5, 5.41) is 1.13. The fourth-order valence-corrected chi connectivity index (χ4v) is 2.26. The first kappa shape index (κ1) is 15.8. The Labute approximate surface area is 135 Å². The lowest BCUT2D eigenvalue weighted by atomic mass is 10.2. The van der Waals surface area contributed by atoms with Crippen LogP contribution in [0.15, 0.2) is 66.7 Å². The van der Waals surface area contributed by atoms with Crippen LogP contribution in [0.25, 0.3) is 10.9 Å². The van der Waals surface area contributed by atoms with Crippen LogP contribution in [0.5, 0.6) is 0 Å². The molecular weight excluding hydrogens is 305 g/mol. The molecule has 4 heteroatoms.